The maximum absolute atomic E-state index is 11.9. The lowest BCUT2D eigenvalue weighted by Gasteiger charge is -2.06. The number of nitrogens with one attached hydrogen (secondary N) is 2. The summed E-state index contributed by atoms with van der Waals surface area (Å²) in [6, 6.07) is 7.46. The van der Waals surface area contributed by atoms with Crippen LogP contribution in [-0.4, -0.2) is 18.4 Å². The second kappa shape index (κ2) is 5.32. The number of aryl methyl sites for hydroxylation is 1. The predicted octanol–water partition coefficient (Wildman–Crippen LogP) is 1.34. The van der Waals surface area contributed by atoms with E-state index in [1.807, 2.05) is 25.1 Å². The van der Waals surface area contributed by atoms with Gasteiger partial charge in [0.15, 0.2) is 0 Å². The largest absolute Gasteiger partial charge is 0.347 e. The first-order chi connectivity index (χ1) is 8.55. The molecular weight excluding hydrogens is 250 g/mol. The summed E-state index contributed by atoms with van der Waals surface area (Å²) in [6.07, 6.45) is 3.24. The van der Waals surface area contributed by atoms with Gasteiger partial charge >= 0.3 is 0 Å². The molecule has 1 heterocycles. The van der Waals surface area contributed by atoms with Crippen molar-refractivity contribution in [2.24, 2.45) is 0 Å². The van der Waals surface area contributed by atoms with Crippen LogP contribution in [0.2, 0.25) is 0 Å². The van der Waals surface area contributed by atoms with E-state index in [-0.39, 0.29) is 12.3 Å². The maximum Gasteiger partial charge on any atom is 0.216 e. The van der Waals surface area contributed by atoms with Crippen molar-refractivity contribution in [3.8, 4) is 0 Å². The van der Waals surface area contributed by atoms with Crippen LogP contribution in [-0.2, 0) is 22.3 Å². The minimum absolute atomic E-state index is 0.0185. The normalized spacial score (nSPS) is 11.6. The van der Waals surface area contributed by atoms with E-state index in [9.17, 15) is 8.42 Å². The second-order valence-corrected chi connectivity index (χ2v) is 5.91. The lowest BCUT2D eigenvalue weighted by molar-refractivity contribution is 0.578. The molecule has 2 aromatic rings. The predicted molar refractivity (Wildman–Crippen MR) is 69.2 cm³/mol. The molecule has 0 unspecified atom stereocenters. The highest BCUT2D eigenvalue weighted by molar-refractivity contribution is 7.88. The number of hydrogen-bond donors (Lipinski definition) is 2. The molecule has 96 valence electrons. The molecule has 1 aromatic carbocycles. The molecule has 0 spiro atoms. The van der Waals surface area contributed by atoms with Crippen molar-refractivity contribution in [2.75, 3.05) is 0 Å². The second-order valence-electron chi connectivity index (χ2n) is 4.11. The number of benzene rings is 1. The van der Waals surface area contributed by atoms with Crippen LogP contribution < -0.4 is 4.72 Å². The molecule has 0 amide bonds. The molecule has 0 saturated carbocycles. The summed E-state index contributed by atoms with van der Waals surface area (Å²) in [5.74, 6) is 0.581. The zero-order valence-electron chi connectivity index (χ0n) is 10.1. The van der Waals surface area contributed by atoms with E-state index in [2.05, 4.69) is 14.7 Å². The Hall–Kier alpha value is -1.66. The van der Waals surface area contributed by atoms with Gasteiger partial charge in [0.05, 0.1) is 12.3 Å². The third-order valence-corrected chi connectivity index (χ3v) is 3.75. The molecule has 0 fully saturated rings. The molecule has 0 radical (unpaired) electrons. The van der Waals surface area contributed by atoms with Crippen LogP contribution in [0.4, 0.5) is 0 Å². The van der Waals surface area contributed by atoms with Crippen LogP contribution in [0.5, 0.6) is 0 Å². The summed E-state index contributed by atoms with van der Waals surface area (Å²) < 4.78 is 26.2. The van der Waals surface area contributed by atoms with Crippen LogP contribution in [0, 0.1) is 6.92 Å². The molecule has 0 aliphatic rings. The average molecular weight is 265 g/mol. The molecule has 2 N–H and O–H groups in total. The fourth-order valence-electron chi connectivity index (χ4n) is 1.65. The Morgan fingerprint density at radius 1 is 1.39 bits per heavy atom. The fraction of sp³-hybridized carbons (Fsp3) is 0.250. The Balaban J connectivity index is 1.99. The third kappa shape index (κ3) is 3.68. The van der Waals surface area contributed by atoms with E-state index in [1.165, 1.54) is 0 Å². The highest BCUT2D eigenvalue weighted by Gasteiger charge is 2.11. The summed E-state index contributed by atoms with van der Waals surface area (Å²) in [5, 5.41) is 0. The molecule has 18 heavy (non-hydrogen) atoms. The van der Waals surface area contributed by atoms with Gasteiger partial charge in [-0.25, -0.2) is 18.1 Å². The number of hydrogen-bond acceptors (Lipinski definition) is 3. The average Bonchev–Trinajstić information content (AvgIpc) is 2.78. The van der Waals surface area contributed by atoms with Gasteiger partial charge < -0.3 is 4.98 Å². The van der Waals surface area contributed by atoms with Crippen LogP contribution in [0.15, 0.2) is 36.7 Å². The zero-order valence-corrected chi connectivity index (χ0v) is 10.9. The standard InChI is InChI=1S/C12H15N3O2S/c1-10-3-2-4-11(7-10)9-18(16,17)15-8-12-13-5-6-14-12/h2-7,15H,8-9H2,1H3,(H,13,14). The van der Waals surface area contributed by atoms with E-state index in [0.717, 1.165) is 11.1 Å². The number of rotatable bonds is 5. The number of H-pyrrole nitrogens is 1. The van der Waals surface area contributed by atoms with Crippen LogP contribution in [0.1, 0.15) is 17.0 Å². The van der Waals surface area contributed by atoms with Gasteiger partial charge in [-0.3, -0.25) is 0 Å². The highest BCUT2D eigenvalue weighted by Crippen LogP contribution is 2.07. The molecule has 0 bridgehead atoms. The Kier molecular flexibility index (Phi) is 3.78. The van der Waals surface area contributed by atoms with Crippen molar-refractivity contribution in [2.45, 2.75) is 19.2 Å². The van der Waals surface area contributed by atoms with Crippen molar-refractivity contribution in [3.63, 3.8) is 0 Å². The number of aromatic nitrogens is 2. The van der Waals surface area contributed by atoms with Gasteiger partial charge in [-0.1, -0.05) is 29.8 Å². The number of nitrogens with zero attached hydrogens (tertiary/aromatic N) is 1. The van der Waals surface area contributed by atoms with Gasteiger partial charge in [-0.05, 0) is 12.5 Å². The quantitative estimate of drug-likeness (QED) is 0.856. The maximum atomic E-state index is 11.9. The molecule has 0 saturated heterocycles. The van der Waals surface area contributed by atoms with Crippen molar-refractivity contribution < 1.29 is 8.42 Å². The Labute approximate surface area is 106 Å². The van der Waals surface area contributed by atoms with E-state index in [0.29, 0.717) is 5.82 Å². The molecular formula is C12H15N3O2S. The Bertz CT molecular complexity index is 606. The van der Waals surface area contributed by atoms with Gasteiger partial charge in [0, 0.05) is 12.4 Å². The topological polar surface area (TPSA) is 74.8 Å². The van der Waals surface area contributed by atoms with Crippen LogP contribution >= 0.6 is 0 Å². The number of imidazole rings is 1. The Morgan fingerprint density at radius 2 is 2.22 bits per heavy atom. The zero-order chi connectivity index (χ0) is 13.0. The molecule has 0 atom stereocenters. The number of aromatic amines is 1. The summed E-state index contributed by atoms with van der Waals surface area (Å²) >= 11 is 0. The summed E-state index contributed by atoms with van der Waals surface area (Å²) in [4.78, 5) is 6.80. The first kappa shape index (κ1) is 12.8. The smallest absolute Gasteiger partial charge is 0.216 e. The first-order valence-electron chi connectivity index (χ1n) is 5.56. The van der Waals surface area contributed by atoms with E-state index in [4.69, 9.17) is 0 Å². The Morgan fingerprint density at radius 3 is 2.89 bits per heavy atom. The van der Waals surface area contributed by atoms with Crippen molar-refractivity contribution in [3.05, 3.63) is 53.6 Å². The third-order valence-electron chi connectivity index (χ3n) is 2.45. The monoisotopic (exact) mass is 265 g/mol. The fourth-order valence-corrected chi connectivity index (χ4v) is 2.72. The van der Waals surface area contributed by atoms with E-state index < -0.39 is 10.0 Å². The molecule has 0 aliphatic carbocycles. The first-order valence-corrected chi connectivity index (χ1v) is 7.21. The van der Waals surface area contributed by atoms with Crippen molar-refractivity contribution >= 4 is 10.0 Å². The minimum Gasteiger partial charge on any atom is -0.347 e. The molecule has 6 heteroatoms. The van der Waals surface area contributed by atoms with Gasteiger partial charge in [-0.15, -0.1) is 0 Å². The highest BCUT2D eigenvalue weighted by atomic mass is 32.2. The molecule has 2 rings (SSSR count). The van der Waals surface area contributed by atoms with Gasteiger partial charge in [0.1, 0.15) is 5.82 Å². The van der Waals surface area contributed by atoms with Crippen molar-refractivity contribution in [1.82, 2.24) is 14.7 Å². The van der Waals surface area contributed by atoms with Gasteiger partial charge in [-0.2, -0.15) is 0 Å². The van der Waals surface area contributed by atoms with Crippen LogP contribution in [0.25, 0.3) is 0 Å². The molecule has 0 aliphatic heterocycles. The van der Waals surface area contributed by atoms with Crippen LogP contribution in [0.3, 0.4) is 0 Å². The minimum atomic E-state index is -3.34. The van der Waals surface area contributed by atoms with Crippen molar-refractivity contribution in [1.29, 1.82) is 0 Å². The summed E-state index contributed by atoms with van der Waals surface area (Å²) in [6.45, 7) is 2.12. The van der Waals surface area contributed by atoms with E-state index in [1.54, 1.807) is 18.5 Å². The molecule has 1 aromatic heterocycles. The summed E-state index contributed by atoms with van der Waals surface area (Å²) in [7, 11) is -3.34. The lowest BCUT2D eigenvalue weighted by atomic mass is 10.2. The van der Waals surface area contributed by atoms with E-state index >= 15 is 0 Å². The lowest BCUT2D eigenvalue weighted by Crippen LogP contribution is -2.25. The number of sulfonamides is 1. The summed E-state index contributed by atoms with van der Waals surface area (Å²) in [5.41, 5.74) is 1.83. The van der Waals surface area contributed by atoms with Gasteiger partial charge in [0.2, 0.25) is 10.0 Å². The van der Waals surface area contributed by atoms with Gasteiger partial charge in [0.25, 0.3) is 0 Å². The SMILES string of the molecule is Cc1cccc(CS(=O)(=O)NCc2ncc[nH]2)c1. The molecule has 5 nitrogen and oxygen atoms in total.